The Balaban J connectivity index is 1.81. The van der Waals surface area contributed by atoms with Gasteiger partial charge in [0.15, 0.2) is 6.04 Å². The van der Waals surface area contributed by atoms with Gasteiger partial charge in [0.25, 0.3) is 0 Å². The Morgan fingerprint density at radius 2 is 2.25 bits per heavy atom. The van der Waals surface area contributed by atoms with Gasteiger partial charge in [0, 0.05) is 5.69 Å². The fourth-order valence-electron chi connectivity index (χ4n) is 2.41. The maximum absolute atomic E-state index is 11.6. The fourth-order valence-corrected chi connectivity index (χ4v) is 2.41. The van der Waals surface area contributed by atoms with Crippen molar-refractivity contribution >= 4 is 23.7 Å². The molecule has 0 aliphatic carbocycles. The highest BCUT2D eigenvalue weighted by molar-refractivity contribution is 5.99. The van der Waals surface area contributed by atoms with Gasteiger partial charge in [-0.1, -0.05) is 12.1 Å². The van der Waals surface area contributed by atoms with Crippen LogP contribution in [0.15, 0.2) is 18.2 Å². The molecule has 2 amide bonds. The van der Waals surface area contributed by atoms with Gasteiger partial charge in [0.1, 0.15) is 6.61 Å². The molecule has 2 heterocycles. The van der Waals surface area contributed by atoms with Crippen LogP contribution in [0.4, 0.5) is 10.5 Å². The number of carbonyl (C=O) groups is 3. The molecule has 2 aliphatic rings. The number of carboxylic acid groups (broad SMARTS) is 1. The van der Waals surface area contributed by atoms with E-state index in [9.17, 15) is 14.4 Å². The van der Waals surface area contributed by atoms with Crippen molar-refractivity contribution in [1.82, 2.24) is 4.90 Å². The second-order valence-electron chi connectivity index (χ2n) is 4.78. The van der Waals surface area contributed by atoms with Crippen molar-refractivity contribution in [3.05, 3.63) is 29.3 Å². The Morgan fingerprint density at radius 1 is 1.45 bits per heavy atom. The minimum atomic E-state index is -1.09. The van der Waals surface area contributed by atoms with Crippen molar-refractivity contribution < 1.29 is 24.2 Å². The smallest absolute Gasteiger partial charge is 0.411 e. The molecule has 1 fully saturated rings. The van der Waals surface area contributed by atoms with Gasteiger partial charge in [0.05, 0.1) is 13.0 Å². The van der Waals surface area contributed by atoms with Crippen LogP contribution >= 0.6 is 0 Å². The summed E-state index contributed by atoms with van der Waals surface area (Å²) in [5, 5.41) is 11.8. The Labute approximate surface area is 114 Å². The Morgan fingerprint density at radius 3 is 3.00 bits per heavy atom. The van der Waals surface area contributed by atoms with Crippen molar-refractivity contribution in [2.75, 3.05) is 11.9 Å². The summed E-state index contributed by atoms with van der Waals surface area (Å²) in [5.41, 5.74) is 2.38. The van der Waals surface area contributed by atoms with Crippen molar-refractivity contribution in [2.45, 2.75) is 19.0 Å². The second-order valence-corrected chi connectivity index (χ2v) is 4.78. The molecule has 1 atom stereocenters. The third-order valence-corrected chi connectivity index (χ3v) is 3.41. The molecule has 0 bridgehead atoms. The quantitative estimate of drug-likeness (QED) is 0.842. The van der Waals surface area contributed by atoms with Gasteiger partial charge in [-0.05, 0) is 17.2 Å². The molecule has 104 valence electrons. The number of carbonyl (C=O) groups excluding carboxylic acids is 2. The highest BCUT2D eigenvalue weighted by Crippen LogP contribution is 2.25. The summed E-state index contributed by atoms with van der Waals surface area (Å²) < 4.78 is 4.76. The maximum atomic E-state index is 11.6. The van der Waals surface area contributed by atoms with Crippen molar-refractivity contribution in [1.29, 1.82) is 0 Å². The van der Waals surface area contributed by atoms with Crippen LogP contribution in [0.3, 0.4) is 0 Å². The SMILES string of the molecule is O=C1Cc2cc(CN3C(=O)OCC3C(=O)O)ccc2N1. The summed E-state index contributed by atoms with van der Waals surface area (Å²) in [6, 6.07) is 4.36. The number of hydrogen-bond donors (Lipinski definition) is 2. The molecule has 0 spiro atoms. The molecular weight excluding hydrogens is 264 g/mol. The molecule has 20 heavy (non-hydrogen) atoms. The third kappa shape index (κ3) is 2.07. The predicted octanol–water partition coefficient (Wildman–Crippen LogP) is 0.587. The first-order valence-corrected chi connectivity index (χ1v) is 6.12. The van der Waals surface area contributed by atoms with Crippen LogP contribution in [-0.2, 0) is 27.3 Å². The molecule has 2 aliphatic heterocycles. The van der Waals surface area contributed by atoms with E-state index >= 15 is 0 Å². The standard InChI is InChI=1S/C13H12N2O5/c16-11-4-8-3-7(1-2-9(8)14-11)5-15-10(12(17)18)6-20-13(15)19/h1-3,10H,4-6H2,(H,14,16)(H,17,18). The predicted molar refractivity (Wildman–Crippen MR) is 67.1 cm³/mol. The molecule has 1 unspecified atom stereocenters. The Kier molecular flexibility index (Phi) is 2.81. The van der Waals surface area contributed by atoms with E-state index in [4.69, 9.17) is 9.84 Å². The first-order chi connectivity index (χ1) is 9.54. The van der Waals surface area contributed by atoms with Crippen LogP contribution in [0.2, 0.25) is 0 Å². The Hall–Kier alpha value is -2.57. The van der Waals surface area contributed by atoms with E-state index in [1.54, 1.807) is 18.2 Å². The number of benzene rings is 1. The lowest BCUT2D eigenvalue weighted by atomic mass is 10.1. The molecule has 3 rings (SSSR count). The molecule has 2 N–H and O–H groups in total. The molecular formula is C13H12N2O5. The lowest BCUT2D eigenvalue weighted by molar-refractivity contribution is -0.141. The minimum Gasteiger partial charge on any atom is -0.480 e. The first kappa shape index (κ1) is 12.5. The average molecular weight is 276 g/mol. The molecule has 1 saturated heterocycles. The Bertz CT molecular complexity index is 613. The summed E-state index contributed by atoms with van der Waals surface area (Å²) in [4.78, 5) is 35.1. The minimum absolute atomic E-state index is 0.0684. The number of amides is 2. The van der Waals surface area contributed by atoms with Gasteiger partial charge < -0.3 is 15.2 Å². The van der Waals surface area contributed by atoms with E-state index in [1.807, 2.05) is 0 Å². The van der Waals surface area contributed by atoms with Crippen LogP contribution in [0.1, 0.15) is 11.1 Å². The van der Waals surface area contributed by atoms with E-state index < -0.39 is 18.1 Å². The van der Waals surface area contributed by atoms with Crippen LogP contribution in [0.5, 0.6) is 0 Å². The normalized spacial score (nSPS) is 20.6. The number of nitrogens with zero attached hydrogens (tertiary/aromatic N) is 1. The van der Waals surface area contributed by atoms with Gasteiger partial charge in [-0.2, -0.15) is 0 Å². The monoisotopic (exact) mass is 276 g/mol. The van der Waals surface area contributed by atoms with Gasteiger partial charge in [0.2, 0.25) is 5.91 Å². The van der Waals surface area contributed by atoms with Crippen LogP contribution in [-0.4, -0.2) is 40.6 Å². The number of hydrogen-bond acceptors (Lipinski definition) is 4. The number of carboxylic acids is 1. The number of cyclic esters (lactones) is 1. The summed E-state index contributed by atoms with van der Waals surface area (Å²) >= 11 is 0. The van der Waals surface area contributed by atoms with E-state index in [-0.39, 0.29) is 19.1 Å². The first-order valence-electron chi connectivity index (χ1n) is 6.12. The van der Waals surface area contributed by atoms with Crippen molar-refractivity contribution in [3.63, 3.8) is 0 Å². The zero-order chi connectivity index (χ0) is 14.3. The molecule has 0 aromatic heterocycles. The molecule has 7 nitrogen and oxygen atoms in total. The summed E-state index contributed by atoms with van der Waals surface area (Å²) in [6.07, 6.45) is -0.331. The van der Waals surface area contributed by atoms with Crippen molar-refractivity contribution in [2.24, 2.45) is 0 Å². The number of fused-ring (bicyclic) bond motifs is 1. The number of aliphatic carboxylic acids is 1. The van der Waals surface area contributed by atoms with Gasteiger partial charge >= 0.3 is 12.1 Å². The van der Waals surface area contributed by atoms with Crippen LogP contribution in [0, 0.1) is 0 Å². The van der Waals surface area contributed by atoms with Gasteiger partial charge in [-0.15, -0.1) is 0 Å². The molecule has 0 radical (unpaired) electrons. The van der Waals surface area contributed by atoms with E-state index in [0.29, 0.717) is 6.42 Å². The van der Waals surface area contributed by atoms with Crippen molar-refractivity contribution in [3.8, 4) is 0 Å². The second kappa shape index (κ2) is 4.52. The zero-order valence-electron chi connectivity index (χ0n) is 10.5. The number of nitrogens with one attached hydrogen (secondary N) is 1. The van der Waals surface area contributed by atoms with E-state index in [0.717, 1.165) is 16.8 Å². The number of ether oxygens (including phenoxy) is 1. The molecule has 1 aromatic carbocycles. The number of rotatable bonds is 3. The summed E-state index contributed by atoms with van der Waals surface area (Å²) in [7, 11) is 0. The average Bonchev–Trinajstić information content (AvgIpc) is 2.92. The lowest BCUT2D eigenvalue weighted by Gasteiger charge is -2.18. The maximum Gasteiger partial charge on any atom is 0.411 e. The molecule has 1 aromatic rings. The summed E-state index contributed by atoms with van der Waals surface area (Å²) in [5.74, 6) is -1.16. The van der Waals surface area contributed by atoms with E-state index in [2.05, 4.69) is 5.32 Å². The highest BCUT2D eigenvalue weighted by atomic mass is 16.6. The fraction of sp³-hybridized carbons (Fsp3) is 0.308. The number of anilines is 1. The lowest BCUT2D eigenvalue weighted by Crippen LogP contribution is -2.38. The van der Waals surface area contributed by atoms with Crippen LogP contribution in [0.25, 0.3) is 0 Å². The summed E-state index contributed by atoms with van der Waals surface area (Å²) in [6.45, 7) is 0.0103. The topological polar surface area (TPSA) is 95.9 Å². The highest BCUT2D eigenvalue weighted by Gasteiger charge is 2.38. The van der Waals surface area contributed by atoms with Gasteiger partial charge in [-0.25, -0.2) is 9.59 Å². The van der Waals surface area contributed by atoms with Gasteiger partial charge in [-0.3, -0.25) is 9.69 Å². The largest absolute Gasteiger partial charge is 0.480 e. The molecule has 7 heteroatoms. The zero-order valence-corrected chi connectivity index (χ0v) is 10.5. The van der Waals surface area contributed by atoms with Crippen LogP contribution < -0.4 is 5.32 Å². The third-order valence-electron chi connectivity index (χ3n) is 3.41. The molecule has 0 saturated carbocycles. The van der Waals surface area contributed by atoms with E-state index in [1.165, 1.54) is 4.90 Å².